The molecule has 1 aromatic heterocycles. The Morgan fingerprint density at radius 2 is 1.71 bits per heavy atom. The van der Waals surface area contributed by atoms with E-state index in [1.165, 1.54) is 29.2 Å². The lowest BCUT2D eigenvalue weighted by Crippen LogP contribution is -2.62. The second-order valence-electron chi connectivity index (χ2n) is 12.8. The maximum Gasteiger partial charge on any atom is 0.415 e. The van der Waals surface area contributed by atoms with Crippen LogP contribution >= 0.6 is 11.6 Å². The van der Waals surface area contributed by atoms with Gasteiger partial charge in [0.1, 0.15) is 22.9 Å². The van der Waals surface area contributed by atoms with E-state index >= 15 is 0 Å². The summed E-state index contributed by atoms with van der Waals surface area (Å²) in [7, 11) is 1.59. The number of ketones is 1. The maximum atomic E-state index is 14.6. The number of pyridine rings is 1. The Balaban J connectivity index is 1.35. The van der Waals surface area contributed by atoms with Crippen molar-refractivity contribution >= 4 is 35.2 Å². The van der Waals surface area contributed by atoms with E-state index in [0.29, 0.717) is 43.1 Å². The fraction of sp³-hybridized carbons (Fsp3) is 0.412. The largest absolute Gasteiger partial charge is 0.415 e. The minimum absolute atomic E-state index is 0.0344. The molecule has 0 bridgehead atoms. The standard InChI is InChI=1S/C34H39ClFN5O4/c1-33(2,3)39-31(43)24-7-14-29(38-19-24)41-17-15-23(16-18-41)30(42)34(21-37-20-28(34)22-5-8-25(35)9-6-22)40(4)32(44)45-27-12-10-26(36)11-13-27/h5-14,19,23,28,37H,15-18,20-21H2,1-4H3,(H,39,43)/t28-,34+/m0/s1. The lowest BCUT2D eigenvalue weighted by atomic mass is 9.72. The van der Waals surface area contributed by atoms with E-state index in [1.54, 1.807) is 31.4 Å². The minimum Gasteiger partial charge on any atom is -0.410 e. The molecule has 2 amide bonds. The third-order valence-electron chi connectivity index (χ3n) is 8.60. The van der Waals surface area contributed by atoms with Gasteiger partial charge in [-0.2, -0.15) is 0 Å². The van der Waals surface area contributed by atoms with E-state index in [0.717, 1.165) is 11.4 Å². The lowest BCUT2D eigenvalue weighted by molar-refractivity contribution is -0.134. The Labute approximate surface area is 268 Å². The van der Waals surface area contributed by atoms with Gasteiger partial charge < -0.3 is 20.3 Å². The molecule has 3 heterocycles. The fourth-order valence-corrected chi connectivity index (χ4v) is 6.37. The summed E-state index contributed by atoms with van der Waals surface area (Å²) in [5, 5.41) is 6.88. The number of halogens is 2. The predicted molar refractivity (Wildman–Crippen MR) is 171 cm³/mol. The van der Waals surface area contributed by atoms with Gasteiger partial charge in [0.25, 0.3) is 5.91 Å². The highest BCUT2D eigenvalue weighted by atomic mass is 35.5. The highest BCUT2D eigenvalue weighted by Gasteiger charge is 2.56. The first kappa shape index (κ1) is 32.4. The van der Waals surface area contributed by atoms with Crippen LogP contribution in [-0.2, 0) is 4.79 Å². The van der Waals surface area contributed by atoms with Crippen LogP contribution in [0.25, 0.3) is 0 Å². The van der Waals surface area contributed by atoms with Crippen LogP contribution < -0.4 is 20.3 Å². The van der Waals surface area contributed by atoms with Crippen molar-refractivity contribution in [1.29, 1.82) is 0 Å². The number of nitrogens with zero attached hydrogens (tertiary/aromatic N) is 3. The number of aromatic nitrogens is 1. The van der Waals surface area contributed by atoms with E-state index in [9.17, 15) is 18.8 Å². The minimum atomic E-state index is -1.22. The van der Waals surface area contributed by atoms with Gasteiger partial charge in [-0.1, -0.05) is 23.7 Å². The summed E-state index contributed by atoms with van der Waals surface area (Å²) < 4.78 is 19.1. The smallest absolute Gasteiger partial charge is 0.410 e. The topological polar surface area (TPSA) is 104 Å². The van der Waals surface area contributed by atoms with Crippen LogP contribution in [0.4, 0.5) is 15.0 Å². The first-order chi connectivity index (χ1) is 21.4. The normalized spacial score (nSPS) is 20.5. The summed E-state index contributed by atoms with van der Waals surface area (Å²) >= 11 is 6.18. The van der Waals surface area contributed by atoms with Crippen molar-refractivity contribution < 1.29 is 23.5 Å². The quantitative estimate of drug-likeness (QED) is 0.356. The van der Waals surface area contributed by atoms with Crippen molar-refractivity contribution in [2.24, 2.45) is 5.92 Å². The van der Waals surface area contributed by atoms with Crippen LogP contribution in [-0.4, -0.2) is 72.0 Å². The molecular formula is C34H39ClFN5O4. The molecular weight excluding hydrogens is 597 g/mol. The van der Waals surface area contributed by atoms with Crippen LogP contribution in [0.15, 0.2) is 66.9 Å². The Morgan fingerprint density at radius 3 is 2.31 bits per heavy atom. The number of ether oxygens (including phenoxy) is 1. The van der Waals surface area contributed by atoms with Gasteiger partial charge in [-0.15, -0.1) is 0 Å². The molecule has 0 spiro atoms. The first-order valence-corrected chi connectivity index (χ1v) is 15.5. The number of nitrogens with one attached hydrogen (secondary N) is 2. The zero-order valence-corrected chi connectivity index (χ0v) is 26.7. The van der Waals surface area contributed by atoms with E-state index in [-0.39, 0.29) is 41.4 Å². The Hall–Kier alpha value is -4.02. The number of Topliss-reactive ketones (excluding diaryl/α,β-unsaturated/α-hetero) is 1. The van der Waals surface area contributed by atoms with Crippen LogP contribution in [0, 0.1) is 11.7 Å². The van der Waals surface area contributed by atoms with Crippen LogP contribution in [0.1, 0.15) is 55.5 Å². The molecule has 2 aliphatic heterocycles. The van der Waals surface area contributed by atoms with Crippen molar-refractivity contribution in [2.75, 3.05) is 38.1 Å². The molecule has 2 aromatic carbocycles. The average Bonchev–Trinajstić information content (AvgIpc) is 3.47. The zero-order valence-electron chi connectivity index (χ0n) is 26.0. The van der Waals surface area contributed by atoms with Crippen molar-refractivity contribution in [3.63, 3.8) is 0 Å². The van der Waals surface area contributed by atoms with Gasteiger partial charge in [0, 0.05) is 61.8 Å². The van der Waals surface area contributed by atoms with Gasteiger partial charge >= 0.3 is 6.09 Å². The zero-order chi connectivity index (χ0) is 32.4. The third kappa shape index (κ3) is 7.12. The number of carbonyl (C=O) groups excluding carboxylic acids is 3. The van der Waals surface area contributed by atoms with E-state index in [4.69, 9.17) is 16.3 Å². The third-order valence-corrected chi connectivity index (χ3v) is 8.85. The van der Waals surface area contributed by atoms with Gasteiger partial charge in [-0.3, -0.25) is 14.5 Å². The van der Waals surface area contributed by atoms with Crippen molar-refractivity contribution in [3.05, 3.63) is 88.8 Å². The highest BCUT2D eigenvalue weighted by Crippen LogP contribution is 2.41. The molecule has 238 valence electrons. The fourth-order valence-electron chi connectivity index (χ4n) is 6.24. The first-order valence-electron chi connectivity index (χ1n) is 15.1. The van der Waals surface area contributed by atoms with Crippen molar-refractivity contribution in [1.82, 2.24) is 20.5 Å². The van der Waals surface area contributed by atoms with Crippen LogP contribution in [0.3, 0.4) is 0 Å². The molecule has 45 heavy (non-hydrogen) atoms. The van der Waals surface area contributed by atoms with Crippen molar-refractivity contribution in [3.8, 4) is 5.75 Å². The molecule has 2 atom stereocenters. The molecule has 0 radical (unpaired) electrons. The van der Waals surface area contributed by atoms with E-state index < -0.39 is 17.4 Å². The number of anilines is 1. The van der Waals surface area contributed by atoms with Crippen LogP contribution in [0.5, 0.6) is 5.75 Å². The van der Waals surface area contributed by atoms with Gasteiger partial charge in [-0.25, -0.2) is 14.2 Å². The second-order valence-corrected chi connectivity index (χ2v) is 13.2. The molecule has 3 aromatic rings. The SMILES string of the molecule is CN(C(=O)Oc1ccc(F)cc1)[C@]1(C(=O)C2CCN(c3ccc(C(=O)NC(C)(C)C)cn3)CC2)CNC[C@H]1c1ccc(Cl)cc1. The van der Waals surface area contributed by atoms with E-state index in [1.807, 2.05) is 39.0 Å². The number of carbonyl (C=O) groups is 3. The molecule has 2 aliphatic rings. The monoisotopic (exact) mass is 635 g/mol. The Kier molecular flexibility index (Phi) is 9.46. The summed E-state index contributed by atoms with van der Waals surface area (Å²) in [5.74, 6) is -0.391. The summed E-state index contributed by atoms with van der Waals surface area (Å²) in [6.45, 7) is 7.70. The highest BCUT2D eigenvalue weighted by molar-refractivity contribution is 6.30. The number of rotatable bonds is 7. The van der Waals surface area contributed by atoms with Gasteiger partial charge in [0.2, 0.25) is 0 Å². The molecule has 2 saturated heterocycles. The number of piperidine rings is 1. The van der Waals surface area contributed by atoms with E-state index in [2.05, 4.69) is 20.5 Å². The molecule has 11 heteroatoms. The number of amides is 2. The number of benzene rings is 2. The number of hydrogen-bond donors (Lipinski definition) is 2. The van der Waals surface area contributed by atoms with Crippen LogP contribution in [0.2, 0.25) is 5.02 Å². The van der Waals surface area contributed by atoms with Gasteiger partial charge in [-0.05, 0) is 87.7 Å². The predicted octanol–water partition coefficient (Wildman–Crippen LogP) is 5.44. The molecule has 5 rings (SSSR count). The van der Waals surface area contributed by atoms with Gasteiger partial charge in [0.15, 0.2) is 5.78 Å². The summed E-state index contributed by atoms with van der Waals surface area (Å²) in [5.41, 5.74) is -0.207. The van der Waals surface area contributed by atoms with Gasteiger partial charge in [0.05, 0.1) is 5.56 Å². The summed E-state index contributed by atoms with van der Waals surface area (Å²) in [6, 6.07) is 16.1. The van der Waals surface area contributed by atoms with Crippen molar-refractivity contribution in [2.45, 2.75) is 50.6 Å². The molecule has 0 saturated carbocycles. The molecule has 2 fully saturated rings. The number of likely N-dealkylation sites (N-methyl/N-ethyl adjacent to an activating group) is 1. The summed E-state index contributed by atoms with van der Waals surface area (Å²) in [4.78, 5) is 48.8. The second kappa shape index (κ2) is 13.1. The number of hydrogen-bond acceptors (Lipinski definition) is 7. The molecule has 2 N–H and O–H groups in total. The lowest BCUT2D eigenvalue weighted by Gasteiger charge is -2.44. The molecule has 0 aliphatic carbocycles. The molecule has 0 unspecified atom stereocenters. The average molecular weight is 636 g/mol. The maximum absolute atomic E-state index is 14.6. The molecule has 9 nitrogen and oxygen atoms in total. The Bertz CT molecular complexity index is 1520. The summed E-state index contributed by atoms with van der Waals surface area (Å²) in [6.07, 6.45) is 2.02. The Morgan fingerprint density at radius 1 is 1.04 bits per heavy atom.